The minimum Gasteiger partial charge on any atom is -0.348 e. The van der Waals surface area contributed by atoms with Gasteiger partial charge in [-0.1, -0.05) is 20.8 Å². The van der Waals surface area contributed by atoms with E-state index in [1.165, 1.54) is 5.69 Å². The quantitative estimate of drug-likeness (QED) is 0.644. The van der Waals surface area contributed by atoms with Crippen LogP contribution in [0.2, 0.25) is 0 Å². The van der Waals surface area contributed by atoms with Crippen LogP contribution in [0.4, 0.5) is 0 Å². The molecule has 0 saturated heterocycles. The molecule has 0 aromatic carbocycles. The molecule has 1 aliphatic rings. The van der Waals surface area contributed by atoms with Crippen LogP contribution in [0.25, 0.3) is 0 Å². The van der Waals surface area contributed by atoms with Crippen LogP contribution in [0.15, 0.2) is 6.33 Å². The maximum Gasteiger partial charge on any atom is 0.0925 e. The second-order valence-corrected chi connectivity index (χ2v) is 5.37. The molecule has 1 aliphatic heterocycles. The van der Waals surface area contributed by atoms with Crippen LogP contribution in [0.1, 0.15) is 38.2 Å². The molecule has 2 rings (SSSR count). The summed E-state index contributed by atoms with van der Waals surface area (Å²) in [5.74, 6) is 0. The number of nitrogens with two attached hydrogens (primary N) is 1. The molecule has 2 unspecified atom stereocenters. The van der Waals surface area contributed by atoms with E-state index >= 15 is 0 Å². The van der Waals surface area contributed by atoms with Crippen LogP contribution in [0.5, 0.6) is 0 Å². The minimum atomic E-state index is 0.164. The molecule has 4 nitrogen and oxygen atoms in total. The number of rotatable bonds is 1. The average Bonchev–Trinajstić information content (AvgIpc) is 2.61. The summed E-state index contributed by atoms with van der Waals surface area (Å²) in [4.78, 5) is 7.63. The molecular formula is C11H20N4. The summed E-state index contributed by atoms with van der Waals surface area (Å²) in [6.45, 7) is 7.34. The predicted octanol–water partition coefficient (Wildman–Crippen LogP) is 0.970. The summed E-state index contributed by atoms with van der Waals surface area (Å²) >= 11 is 0. The van der Waals surface area contributed by atoms with Gasteiger partial charge in [-0.2, -0.15) is 0 Å². The zero-order chi connectivity index (χ0) is 11.1. The highest BCUT2D eigenvalue weighted by Crippen LogP contribution is 2.36. The van der Waals surface area contributed by atoms with Gasteiger partial charge in [-0.25, -0.2) is 4.98 Å². The van der Waals surface area contributed by atoms with Crippen molar-refractivity contribution < 1.29 is 0 Å². The Morgan fingerprint density at radius 1 is 1.53 bits per heavy atom. The number of H-pyrrole nitrogens is 1. The monoisotopic (exact) mass is 208 g/mol. The smallest absolute Gasteiger partial charge is 0.0925 e. The van der Waals surface area contributed by atoms with Gasteiger partial charge in [0.05, 0.1) is 18.1 Å². The van der Waals surface area contributed by atoms with Crippen molar-refractivity contribution in [1.29, 1.82) is 0 Å². The van der Waals surface area contributed by atoms with E-state index in [1.807, 2.05) is 0 Å². The number of hydrogen-bond donors (Lipinski definition) is 3. The van der Waals surface area contributed by atoms with E-state index in [0.717, 1.165) is 12.1 Å². The maximum atomic E-state index is 5.74. The van der Waals surface area contributed by atoms with Gasteiger partial charge in [0.25, 0.3) is 0 Å². The van der Waals surface area contributed by atoms with Gasteiger partial charge in [0, 0.05) is 24.7 Å². The molecule has 0 amide bonds. The lowest BCUT2D eigenvalue weighted by atomic mass is 9.81. The highest BCUT2D eigenvalue weighted by Gasteiger charge is 2.35. The zero-order valence-corrected chi connectivity index (χ0v) is 9.67. The first-order valence-electron chi connectivity index (χ1n) is 5.50. The summed E-state index contributed by atoms with van der Waals surface area (Å²) in [7, 11) is 0. The highest BCUT2D eigenvalue weighted by molar-refractivity contribution is 5.22. The van der Waals surface area contributed by atoms with Gasteiger partial charge in [-0.15, -0.1) is 0 Å². The number of aromatic amines is 1. The fraction of sp³-hybridized carbons (Fsp3) is 0.727. The van der Waals surface area contributed by atoms with Crippen molar-refractivity contribution in [3.8, 4) is 0 Å². The molecule has 1 aromatic heterocycles. The summed E-state index contributed by atoms with van der Waals surface area (Å²) < 4.78 is 0. The maximum absolute atomic E-state index is 5.74. The van der Waals surface area contributed by atoms with E-state index < -0.39 is 0 Å². The van der Waals surface area contributed by atoms with Crippen LogP contribution in [0, 0.1) is 5.41 Å². The number of aromatic nitrogens is 2. The Morgan fingerprint density at radius 3 is 2.87 bits per heavy atom. The van der Waals surface area contributed by atoms with E-state index in [0.29, 0.717) is 18.6 Å². The fourth-order valence-electron chi connectivity index (χ4n) is 2.18. The Morgan fingerprint density at radius 2 is 2.27 bits per heavy atom. The van der Waals surface area contributed by atoms with Gasteiger partial charge in [-0.05, 0) is 5.41 Å². The van der Waals surface area contributed by atoms with Crippen molar-refractivity contribution in [2.75, 3.05) is 6.54 Å². The summed E-state index contributed by atoms with van der Waals surface area (Å²) in [6.07, 6.45) is 2.74. The average molecular weight is 208 g/mol. The predicted molar refractivity (Wildman–Crippen MR) is 60.5 cm³/mol. The minimum absolute atomic E-state index is 0.164. The van der Waals surface area contributed by atoms with Crippen molar-refractivity contribution in [2.24, 2.45) is 11.1 Å². The molecule has 15 heavy (non-hydrogen) atoms. The van der Waals surface area contributed by atoms with Crippen LogP contribution >= 0.6 is 0 Å². The second kappa shape index (κ2) is 3.61. The van der Waals surface area contributed by atoms with Crippen LogP contribution in [-0.4, -0.2) is 22.6 Å². The standard InChI is InChI=1S/C11H20N4/c1-11(2,3)10-9-8(13-6-14-9)4-7(5-12)15-10/h6-7,10,15H,4-5,12H2,1-3H3,(H,13,14). The summed E-state index contributed by atoms with van der Waals surface area (Å²) in [5, 5.41) is 3.58. The molecule has 0 radical (unpaired) electrons. The van der Waals surface area contributed by atoms with Gasteiger partial charge in [-0.3, -0.25) is 0 Å². The normalized spacial score (nSPS) is 26.4. The Bertz CT molecular complexity index is 337. The van der Waals surface area contributed by atoms with Crippen LogP contribution < -0.4 is 11.1 Å². The molecule has 2 heterocycles. The lowest BCUT2D eigenvalue weighted by Gasteiger charge is -2.37. The lowest BCUT2D eigenvalue weighted by molar-refractivity contribution is 0.230. The molecule has 1 aromatic rings. The van der Waals surface area contributed by atoms with Gasteiger partial charge in [0.2, 0.25) is 0 Å². The molecule has 4 heteroatoms. The van der Waals surface area contributed by atoms with Gasteiger partial charge >= 0.3 is 0 Å². The Labute approximate surface area is 90.7 Å². The molecule has 0 saturated carbocycles. The summed E-state index contributed by atoms with van der Waals surface area (Å²) in [5.41, 5.74) is 8.30. The van der Waals surface area contributed by atoms with E-state index in [-0.39, 0.29) is 5.41 Å². The molecule has 0 spiro atoms. The zero-order valence-electron chi connectivity index (χ0n) is 9.67. The van der Waals surface area contributed by atoms with E-state index in [2.05, 4.69) is 36.1 Å². The highest BCUT2D eigenvalue weighted by atomic mass is 15.1. The Hall–Kier alpha value is -0.870. The van der Waals surface area contributed by atoms with Crippen molar-refractivity contribution in [1.82, 2.24) is 15.3 Å². The first-order chi connectivity index (χ1) is 7.02. The van der Waals surface area contributed by atoms with Crippen molar-refractivity contribution in [2.45, 2.75) is 39.3 Å². The molecule has 0 bridgehead atoms. The third kappa shape index (κ3) is 1.92. The Balaban J connectivity index is 2.33. The first kappa shape index (κ1) is 10.6. The third-order valence-corrected chi connectivity index (χ3v) is 3.03. The first-order valence-corrected chi connectivity index (χ1v) is 5.50. The topological polar surface area (TPSA) is 66.7 Å². The van der Waals surface area contributed by atoms with Gasteiger partial charge in [0.15, 0.2) is 0 Å². The molecule has 0 aliphatic carbocycles. The fourth-order valence-corrected chi connectivity index (χ4v) is 2.18. The van der Waals surface area contributed by atoms with Crippen molar-refractivity contribution in [3.05, 3.63) is 17.7 Å². The van der Waals surface area contributed by atoms with Gasteiger partial charge in [0.1, 0.15) is 0 Å². The van der Waals surface area contributed by atoms with Crippen LogP contribution in [-0.2, 0) is 6.42 Å². The molecule has 4 N–H and O–H groups in total. The lowest BCUT2D eigenvalue weighted by Crippen LogP contribution is -2.48. The van der Waals surface area contributed by atoms with E-state index in [1.54, 1.807) is 6.33 Å². The number of fused-ring (bicyclic) bond motifs is 1. The summed E-state index contributed by atoms with van der Waals surface area (Å²) in [6, 6.07) is 0.656. The molecular weight excluding hydrogens is 188 g/mol. The molecule has 84 valence electrons. The van der Waals surface area contributed by atoms with Crippen molar-refractivity contribution >= 4 is 0 Å². The largest absolute Gasteiger partial charge is 0.348 e. The Kier molecular flexibility index (Phi) is 2.56. The van der Waals surface area contributed by atoms with Crippen LogP contribution in [0.3, 0.4) is 0 Å². The second-order valence-electron chi connectivity index (χ2n) is 5.37. The molecule has 0 fully saturated rings. The van der Waals surface area contributed by atoms with Gasteiger partial charge < -0.3 is 16.0 Å². The molecule has 2 atom stereocenters. The number of imidazole rings is 1. The SMILES string of the molecule is CC(C)(C)C1NC(CN)Cc2[nH]cnc21. The number of nitrogens with zero attached hydrogens (tertiary/aromatic N) is 1. The van der Waals surface area contributed by atoms with Crippen molar-refractivity contribution in [3.63, 3.8) is 0 Å². The van der Waals surface area contributed by atoms with E-state index in [9.17, 15) is 0 Å². The number of nitrogens with one attached hydrogen (secondary N) is 2. The number of hydrogen-bond acceptors (Lipinski definition) is 3. The third-order valence-electron chi connectivity index (χ3n) is 3.03. The van der Waals surface area contributed by atoms with E-state index in [4.69, 9.17) is 5.73 Å².